The maximum absolute atomic E-state index is 13.9. The van der Waals surface area contributed by atoms with Gasteiger partial charge in [-0.15, -0.1) is 0 Å². The summed E-state index contributed by atoms with van der Waals surface area (Å²) in [7, 11) is -3.20. The monoisotopic (exact) mass is 303 g/mol. The first-order chi connectivity index (χ1) is 9.23. The smallest absolute Gasteiger partial charge is 0.315 e. The number of carboxylic acids is 1. The summed E-state index contributed by atoms with van der Waals surface area (Å²) in [6, 6.07) is 5.52. The van der Waals surface area contributed by atoms with Crippen molar-refractivity contribution in [2.45, 2.75) is 18.3 Å². The molecule has 0 radical (unpaired) electrons. The van der Waals surface area contributed by atoms with Crippen LogP contribution in [0.4, 0.5) is 4.39 Å². The molecular formula is C13H18FNO4S. The van der Waals surface area contributed by atoms with Gasteiger partial charge in [0.15, 0.2) is 0 Å². The normalized spacial score (nSPS) is 14.8. The largest absolute Gasteiger partial charge is 0.481 e. The van der Waals surface area contributed by atoms with Crippen LogP contribution >= 0.6 is 0 Å². The van der Waals surface area contributed by atoms with Gasteiger partial charge in [-0.2, -0.15) is 0 Å². The van der Waals surface area contributed by atoms with Crippen LogP contribution in [0, 0.1) is 5.82 Å². The summed E-state index contributed by atoms with van der Waals surface area (Å²) < 4.78 is 36.1. The Kier molecular flexibility index (Phi) is 5.24. The SMILES string of the molecule is CS(=O)(=O)CCCC(CN)(C(=O)O)c1ccccc1F. The quantitative estimate of drug-likeness (QED) is 0.781. The molecule has 0 saturated heterocycles. The van der Waals surface area contributed by atoms with Crippen molar-refractivity contribution in [2.75, 3.05) is 18.6 Å². The molecule has 3 N–H and O–H groups in total. The lowest BCUT2D eigenvalue weighted by molar-refractivity contribution is -0.144. The average Bonchev–Trinajstić information content (AvgIpc) is 2.34. The third-order valence-corrected chi connectivity index (χ3v) is 4.30. The Bertz CT molecular complexity index is 588. The van der Waals surface area contributed by atoms with E-state index in [1.54, 1.807) is 0 Å². The van der Waals surface area contributed by atoms with Gasteiger partial charge in [-0.25, -0.2) is 12.8 Å². The average molecular weight is 303 g/mol. The zero-order valence-electron chi connectivity index (χ0n) is 11.2. The van der Waals surface area contributed by atoms with Crippen LogP contribution in [0.1, 0.15) is 18.4 Å². The van der Waals surface area contributed by atoms with E-state index in [2.05, 4.69) is 0 Å². The second-order valence-corrected chi connectivity index (χ2v) is 7.06. The van der Waals surface area contributed by atoms with E-state index in [-0.39, 0.29) is 30.7 Å². The van der Waals surface area contributed by atoms with E-state index in [1.165, 1.54) is 24.3 Å². The second-order valence-electron chi connectivity index (χ2n) is 4.80. The standard InChI is InChI=1S/C13H18FNO4S/c1-20(18,19)8-4-7-13(9-15,12(16)17)10-5-2-3-6-11(10)14/h2-3,5-6H,4,7-9,15H2,1H3,(H,16,17). The molecule has 0 fully saturated rings. The van der Waals surface area contributed by atoms with Gasteiger partial charge in [0, 0.05) is 24.1 Å². The predicted molar refractivity (Wildman–Crippen MR) is 73.7 cm³/mol. The summed E-state index contributed by atoms with van der Waals surface area (Å²) in [5, 5.41) is 9.43. The van der Waals surface area contributed by atoms with Crippen LogP contribution < -0.4 is 5.73 Å². The minimum atomic E-state index is -3.20. The van der Waals surface area contributed by atoms with Crippen molar-refractivity contribution < 1.29 is 22.7 Å². The number of carboxylic acid groups (broad SMARTS) is 1. The first kappa shape index (κ1) is 16.6. The number of carbonyl (C=O) groups is 1. The van der Waals surface area contributed by atoms with Crippen molar-refractivity contribution in [2.24, 2.45) is 5.73 Å². The molecule has 20 heavy (non-hydrogen) atoms. The highest BCUT2D eigenvalue weighted by molar-refractivity contribution is 7.90. The molecule has 0 aliphatic rings. The van der Waals surface area contributed by atoms with Gasteiger partial charge in [0.25, 0.3) is 0 Å². The maximum atomic E-state index is 13.9. The van der Waals surface area contributed by atoms with Gasteiger partial charge in [0.05, 0.1) is 0 Å². The Balaban J connectivity index is 3.11. The van der Waals surface area contributed by atoms with E-state index in [0.717, 1.165) is 6.26 Å². The van der Waals surface area contributed by atoms with Gasteiger partial charge < -0.3 is 10.8 Å². The van der Waals surface area contributed by atoms with Crippen molar-refractivity contribution >= 4 is 15.8 Å². The molecule has 0 heterocycles. The van der Waals surface area contributed by atoms with Gasteiger partial charge in [-0.3, -0.25) is 4.79 Å². The zero-order chi connectivity index (χ0) is 15.4. The van der Waals surface area contributed by atoms with E-state index in [9.17, 15) is 22.7 Å². The third-order valence-electron chi connectivity index (χ3n) is 3.27. The molecular weight excluding hydrogens is 285 g/mol. The summed E-state index contributed by atoms with van der Waals surface area (Å²) in [5.74, 6) is -2.06. The number of nitrogens with two attached hydrogens (primary N) is 1. The van der Waals surface area contributed by atoms with Crippen LogP contribution in [0.3, 0.4) is 0 Å². The third kappa shape index (κ3) is 3.77. The van der Waals surface area contributed by atoms with E-state index < -0.39 is 27.0 Å². The van der Waals surface area contributed by atoms with Crippen molar-refractivity contribution in [1.82, 2.24) is 0 Å². The summed E-state index contributed by atoms with van der Waals surface area (Å²) in [4.78, 5) is 11.6. The van der Waals surface area contributed by atoms with Crippen LogP contribution in [0.5, 0.6) is 0 Å². The highest BCUT2D eigenvalue weighted by Gasteiger charge is 2.40. The fraction of sp³-hybridized carbons (Fsp3) is 0.462. The first-order valence-corrected chi connectivity index (χ1v) is 8.15. The summed E-state index contributed by atoms with van der Waals surface area (Å²) >= 11 is 0. The number of sulfone groups is 1. The van der Waals surface area contributed by atoms with Crippen LogP contribution in [-0.2, 0) is 20.0 Å². The highest BCUT2D eigenvalue weighted by atomic mass is 32.2. The van der Waals surface area contributed by atoms with E-state index >= 15 is 0 Å². The minimum absolute atomic E-state index is 0.0106. The fourth-order valence-electron chi connectivity index (χ4n) is 2.14. The van der Waals surface area contributed by atoms with Crippen molar-refractivity contribution in [3.05, 3.63) is 35.6 Å². The molecule has 1 atom stereocenters. The van der Waals surface area contributed by atoms with Gasteiger partial charge in [-0.05, 0) is 18.9 Å². The van der Waals surface area contributed by atoms with E-state index in [0.29, 0.717) is 0 Å². The number of aliphatic carboxylic acids is 1. The zero-order valence-corrected chi connectivity index (χ0v) is 12.0. The Labute approximate surface area is 117 Å². The Morgan fingerprint density at radius 3 is 2.45 bits per heavy atom. The van der Waals surface area contributed by atoms with Crippen molar-refractivity contribution in [3.63, 3.8) is 0 Å². The van der Waals surface area contributed by atoms with Crippen molar-refractivity contribution in [3.8, 4) is 0 Å². The van der Waals surface area contributed by atoms with E-state index in [4.69, 9.17) is 5.73 Å². The van der Waals surface area contributed by atoms with Gasteiger partial charge in [-0.1, -0.05) is 18.2 Å². The number of hydrogen-bond acceptors (Lipinski definition) is 4. The summed E-state index contributed by atoms with van der Waals surface area (Å²) in [6.45, 7) is -0.299. The molecule has 1 aromatic carbocycles. The fourth-order valence-corrected chi connectivity index (χ4v) is 2.81. The molecule has 7 heteroatoms. The lowest BCUT2D eigenvalue weighted by atomic mass is 9.76. The van der Waals surface area contributed by atoms with Crippen molar-refractivity contribution in [1.29, 1.82) is 0 Å². The number of halogens is 1. The highest BCUT2D eigenvalue weighted by Crippen LogP contribution is 2.31. The minimum Gasteiger partial charge on any atom is -0.481 e. The predicted octanol–water partition coefficient (Wildman–Crippen LogP) is 0.932. The lowest BCUT2D eigenvalue weighted by Gasteiger charge is -2.28. The molecule has 0 aliphatic heterocycles. The maximum Gasteiger partial charge on any atom is 0.315 e. The van der Waals surface area contributed by atoms with E-state index in [1.807, 2.05) is 0 Å². The lowest BCUT2D eigenvalue weighted by Crippen LogP contribution is -2.44. The van der Waals surface area contributed by atoms with Gasteiger partial charge >= 0.3 is 5.97 Å². The number of benzene rings is 1. The molecule has 1 aromatic rings. The number of rotatable bonds is 7. The van der Waals surface area contributed by atoms with Gasteiger partial charge in [0.2, 0.25) is 0 Å². The molecule has 0 saturated carbocycles. The number of hydrogen-bond donors (Lipinski definition) is 2. The molecule has 112 valence electrons. The molecule has 0 aromatic heterocycles. The molecule has 5 nitrogen and oxygen atoms in total. The summed E-state index contributed by atoms with van der Waals surface area (Å²) in [6.07, 6.45) is 1.14. The Morgan fingerprint density at radius 1 is 1.40 bits per heavy atom. The Morgan fingerprint density at radius 2 is 2.00 bits per heavy atom. The molecule has 1 unspecified atom stereocenters. The topological polar surface area (TPSA) is 97.5 Å². The first-order valence-electron chi connectivity index (χ1n) is 6.09. The van der Waals surface area contributed by atoms with Crippen LogP contribution in [0.2, 0.25) is 0 Å². The molecule has 0 aliphatic carbocycles. The second kappa shape index (κ2) is 6.32. The molecule has 1 rings (SSSR count). The van der Waals surface area contributed by atoms with Crippen LogP contribution in [-0.4, -0.2) is 38.0 Å². The summed E-state index contributed by atoms with van der Waals surface area (Å²) in [5.41, 5.74) is 3.95. The molecule has 0 bridgehead atoms. The van der Waals surface area contributed by atoms with Crippen LogP contribution in [0.25, 0.3) is 0 Å². The van der Waals surface area contributed by atoms with Crippen LogP contribution in [0.15, 0.2) is 24.3 Å². The molecule has 0 amide bonds. The molecule has 0 spiro atoms. The Hall–Kier alpha value is -1.47. The van der Waals surface area contributed by atoms with Gasteiger partial charge in [0.1, 0.15) is 21.1 Å².